The van der Waals surface area contributed by atoms with Gasteiger partial charge < -0.3 is 4.42 Å². The van der Waals surface area contributed by atoms with Crippen molar-refractivity contribution in [2.75, 3.05) is 0 Å². The minimum absolute atomic E-state index is 0.0346. The molecule has 1 unspecified atom stereocenters. The van der Waals surface area contributed by atoms with Crippen LogP contribution in [0.15, 0.2) is 29.0 Å². The number of aromatic nitrogens is 2. The van der Waals surface area contributed by atoms with E-state index in [1.165, 1.54) is 0 Å². The average molecular weight is 220 g/mol. The lowest BCUT2D eigenvalue weighted by molar-refractivity contribution is 0.508. The largest absolute Gasteiger partial charge is 0.469 e. The van der Waals surface area contributed by atoms with Gasteiger partial charge in [0, 0.05) is 25.2 Å². The van der Waals surface area contributed by atoms with Gasteiger partial charge in [0.05, 0.1) is 18.0 Å². The number of furan rings is 1. The summed E-state index contributed by atoms with van der Waals surface area (Å²) in [5, 5.41) is 4.32. The van der Waals surface area contributed by atoms with Crippen LogP contribution in [-0.2, 0) is 13.5 Å². The Kier molecular flexibility index (Phi) is 3.07. The van der Waals surface area contributed by atoms with Crippen LogP contribution in [0.25, 0.3) is 0 Å². The van der Waals surface area contributed by atoms with Gasteiger partial charge in [-0.1, -0.05) is 0 Å². The molecule has 0 radical (unpaired) electrons. The second-order valence-corrected chi connectivity index (χ2v) is 3.89. The smallest absolute Gasteiger partial charge is 0.101 e. The molecule has 0 bridgehead atoms. The summed E-state index contributed by atoms with van der Waals surface area (Å²) in [6, 6.07) is 4.00. The molecular weight excluding hydrogens is 204 g/mol. The highest BCUT2D eigenvalue weighted by Gasteiger charge is 2.14. The van der Waals surface area contributed by atoms with E-state index in [2.05, 4.69) is 10.5 Å². The van der Waals surface area contributed by atoms with Gasteiger partial charge in [0.25, 0.3) is 0 Å². The van der Waals surface area contributed by atoms with E-state index in [1.807, 2.05) is 32.3 Å². The van der Waals surface area contributed by atoms with Crippen molar-refractivity contribution < 1.29 is 4.42 Å². The molecule has 0 aliphatic rings. The van der Waals surface area contributed by atoms with Crippen molar-refractivity contribution in [3.05, 3.63) is 41.6 Å². The Morgan fingerprint density at radius 2 is 2.44 bits per heavy atom. The van der Waals surface area contributed by atoms with E-state index in [0.717, 1.165) is 23.4 Å². The van der Waals surface area contributed by atoms with Gasteiger partial charge in [-0.05, 0) is 19.1 Å². The minimum Gasteiger partial charge on any atom is -0.469 e. The fourth-order valence-corrected chi connectivity index (χ4v) is 1.70. The highest BCUT2D eigenvalue weighted by atomic mass is 16.3. The van der Waals surface area contributed by atoms with Crippen molar-refractivity contribution in [1.82, 2.24) is 15.2 Å². The third-order valence-electron chi connectivity index (χ3n) is 2.54. The van der Waals surface area contributed by atoms with Gasteiger partial charge in [0.1, 0.15) is 5.76 Å². The van der Waals surface area contributed by atoms with E-state index in [-0.39, 0.29) is 6.04 Å². The maximum atomic E-state index is 5.54. The number of nitrogens with one attached hydrogen (secondary N) is 1. The van der Waals surface area contributed by atoms with Crippen LogP contribution in [0.3, 0.4) is 0 Å². The maximum absolute atomic E-state index is 5.54. The summed E-state index contributed by atoms with van der Waals surface area (Å²) in [6.07, 6.45) is 4.39. The number of hydrogen-bond donors (Lipinski definition) is 2. The lowest BCUT2D eigenvalue weighted by atomic mass is 10.1. The zero-order valence-electron chi connectivity index (χ0n) is 9.47. The van der Waals surface area contributed by atoms with Crippen LogP contribution in [0, 0.1) is 6.92 Å². The fraction of sp³-hybridized carbons (Fsp3) is 0.364. The van der Waals surface area contributed by atoms with Crippen LogP contribution in [0.2, 0.25) is 0 Å². The molecule has 0 saturated carbocycles. The molecule has 2 heterocycles. The Bertz CT molecular complexity index is 460. The van der Waals surface area contributed by atoms with E-state index in [4.69, 9.17) is 10.3 Å². The molecule has 0 amide bonds. The standard InChI is InChI=1S/C11H16N4O/c1-8-5-9(7-16-8)11(13-12)6-10-3-4-15(2)14-10/h3-5,7,11,13H,6,12H2,1-2H3. The number of hydrogen-bond acceptors (Lipinski definition) is 4. The number of hydrazine groups is 1. The Labute approximate surface area is 94.2 Å². The Balaban J connectivity index is 2.12. The second kappa shape index (κ2) is 4.51. The molecule has 86 valence electrons. The molecule has 5 heteroatoms. The third kappa shape index (κ3) is 2.32. The predicted octanol–water partition coefficient (Wildman–Crippen LogP) is 1.07. The summed E-state index contributed by atoms with van der Waals surface area (Å²) < 4.78 is 7.05. The number of nitrogens with zero attached hydrogens (tertiary/aromatic N) is 2. The summed E-state index contributed by atoms with van der Waals surface area (Å²) >= 11 is 0. The number of aryl methyl sites for hydroxylation is 2. The van der Waals surface area contributed by atoms with Crippen LogP contribution in [0.4, 0.5) is 0 Å². The van der Waals surface area contributed by atoms with Gasteiger partial charge in [-0.15, -0.1) is 0 Å². The van der Waals surface area contributed by atoms with Gasteiger partial charge >= 0.3 is 0 Å². The van der Waals surface area contributed by atoms with E-state index in [9.17, 15) is 0 Å². The Morgan fingerprint density at radius 3 is 2.94 bits per heavy atom. The van der Waals surface area contributed by atoms with Crippen molar-refractivity contribution in [3.63, 3.8) is 0 Å². The first-order valence-corrected chi connectivity index (χ1v) is 5.18. The Morgan fingerprint density at radius 1 is 1.62 bits per heavy atom. The zero-order chi connectivity index (χ0) is 11.5. The van der Waals surface area contributed by atoms with E-state index in [0.29, 0.717) is 0 Å². The second-order valence-electron chi connectivity index (χ2n) is 3.89. The first kappa shape index (κ1) is 10.9. The summed E-state index contributed by atoms with van der Waals surface area (Å²) in [5.74, 6) is 6.43. The Hall–Kier alpha value is -1.59. The van der Waals surface area contributed by atoms with E-state index in [1.54, 1.807) is 10.9 Å². The normalized spacial score (nSPS) is 12.9. The van der Waals surface area contributed by atoms with Gasteiger partial charge in [-0.25, -0.2) is 0 Å². The van der Waals surface area contributed by atoms with Crippen molar-refractivity contribution >= 4 is 0 Å². The number of nitrogens with two attached hydrogens (primary N) is 1. The van der Waals surface area contributed by atoms with Gasteiger partial charge in [0.15, 0.2) is 0 Å². The quantitative estimate of drug-likeness (QED) is 0.597. The molecule has 0 aliphatic heterocycles. The topological polar surface area (TPSA) is 69.0 Å². The molecule has 0 spiro atoms. The molecule has 5 nitrogen and oxygen atoms in total. The maximum Gasteiger partial charge on any atom is 0.101 e. The molecule has 3 N–H and O–H groups in total. The van der Waals surface area contributed by atoms with Crippen molar-refractivity contribution in [3.8, 4) is 0 Å². The molecule has 0 aliphatic carbocycles. The molecule has 2 aromatic heterocycles. The van der Waals surface area contributed by atoms with Crippen LogP contribution in [-0.4, -0.2) is 9.78 Å². The van der Waals surface area contributed by atoms with Crippen LogP contribution < -0.4 is 11.3 Å². The highest BCUT2D eigenvalue weighted by Crippen LogP contribution is 2.19. The highest BCUT2D eigenvalue weighted by molar-refractivity contribution is 5.18. The van der Waals surface area contributed by atoms with Crippen LogP contribution in [0.5, 0.6) is 0 Å². The van der Waals surface area contributed by atoms with E-state index >= 15 is 0 Å². The summed E-state index contributed by atoms with van der Waals surface area (Å²) in [6.45, 7) is 1.91. The fourth-order valence-electron chi connectivity index (χ4n) is 1.70. The van der Waals surface area contributed by atoms with Crippen molar-refractivity contribution in [2.24, 2.45) is 12.9 Å². The first-order valence-electron chi connectivity index (χ1n) is 5.18. The molecule has 2 aromatic rings. The molecular formula is C11H16N4O. The van der Waals surface area contributed by atoms with Crippen molar-refractivity contribution in [2.45, 2.75) is 19.4 Å². The molecule has 1 atom stereocenters. The summed E-state index contributed by atoms with van der Waals surface area (Å²) in [5.41, 5.74) is 4.83. The van der Waals surface area contributed by atoms with Gasteiger partial charge in [-0.3, -0.25) is 16.0 Å². The average Bonchev–Trinajstić information content (AvgIpc) is 2.84. The monoisotopic (exact) mass is 220 g/mol. The molecule has 0 aromatic carbocycles. The van der Waals surface area contributed by atoms with Crippen LogP contribution in [0.1, 0.15) is 23.1 Å². The SMILES string of the molecule is Cc1cc(C(Cc2ccn(C)n2)NN)co1. The van der Waals surface area contributed by atoms with Gasteiger partial charge in [0.2, 0.25) is 0 Å². The first-order chi connectivity index (χ1) is 7.69. The zero-order valence-corrected chi connectivity index (χ0v) is 9.47. The lowest BCUT2D eigenvalue weighted by Crippen LogP contribution is -2.29. The number of rotatable bonds is 4. The van der Waals surface area contributed by atoms with Crippen molar-refractivity contribution in [1.29, 1.82) is 0 Å². The van der Waals surface area contributed by atoms with Crippen LogP contribution >= 0.6 is 0 Å². The lowest BCUT2D eigenvalue weighted by Gasteiger charge is -2.11. The molecule has 2 rings (SSSR count). The van der Waals surface area contributed by atoms with E-state index < -0.39 is 0 Å². The molecule has 0 saturated heterocycles. The predicted molar refractivity (Wildman–Crippen MR) is 60.4 cm³/mol. The summed E-state index contributed by atoms with van der Waals surface area (Å²) in [4.78, 5) is 0. The molecule has 16 heavy (non-hydrogen) atoms. The third-order valence-corrected chi connectivity index (χ3v) is 2.54. The summed E-state index contributed by atoms with van der Waals surface area (Å²) in [7, 11) is 1.90. The minimum atomic E-state index is 0.0346. The van der Waals surface area contributed by atoms with Gasteiger partial charge in [-0.2, -0.15) is 5.10 Å². The molecule has 0 fully saturated rings.